The summed E-state index contributed by atoms with van der Waals surface area (Å²) in [5.74, 6) is 0.0740. The van der Waals surface area contributed by atoms with Crippen LogP contribution in [0.2, 0.25) is 0 Å². The SMILES string of the molecule is CC1(C)COOC2(CC[C@@]34Cc5c(OS(=O)(=O)C(F)(F)F)cccc5[C@H]5C[C@]6(C)[C@@H](O)CC[C@H]6[C@H](CC[C@@]3(O)C2)[C@H]54)C1. The Balaban J connectivity index is 1.38. The third-order valence-corrected chi connectivity index (χ3v) is 13.5. The Kier molecular flexibility index (Phi) is 6.19. The summed E-state index contributed by atoms with van der Waals surface area (Å²) in [6, 6.07) is 4.73. The quantitative estimate of drug-likeness (QED) is 0.247. The number of halogens is 3. The molecule has 11 heteroatoms. The van der Waals surface area contributed by atoms with Crippen molar-refractivity contribution >= 4 is 10.1 Å². The normalized spacial score (nSPS) is 45.9. The maximum absolute atomic E-state index is 13.5. The van der Waals surface area contributed by atoms with Gasteiger partial charge in [-0.25, -0.2) is 9.78 Å². The molecule has 5 aliphatic carbocycles. The fourth-order valence-corrected chi connectivity index (χ4v) is 11.6. The van der Waals surface area contributed by atoms with E-state index >= 15 is 0 Å². The van der Waals surface area contributed by atoms with Crippen LogP contribution in [0, 0.1) is 34.0 Å². The minimum atomic E-state index is -5.89. The summed E-state index contributed by atoms with van der Waals surface area (Å²) < 4.78 is 69.6. The van der Waals surface area contributed by atoms with Gasteiger partial charge in [0.15, 0.2) is 0 Å². The number of benzene rings is 1. The molecule has 5 fully saturated rings. The van der Waals surface area contributed by atoms with Gasteiger partial charge in [-0.2, -0.15) is 21.6 Å². The fraction of sp³-hybridized carbons (Fsp3) is 0.806. The Morgan fingerprint density at radius 3 is 2.52 bits per heavy atom. The van der Waals surface area contributed by atoms with Crippen molar-refractivity contribution < 1.29 is 45.8 Å². The highest BCUT2D eigenvalue weighted by atomic mass is 32.2. The van der Waals surface area contributed by atoms with Gasteiger partial charge in [0.2, 0.25) is 0 Å². The fourth-order valence-electron chi connectivity index (χ4n) is 11.1. The van der Waals surface area contributed by atoms with Gasteiger partial charge in [-0.15, -0.1) is 0 Å². The van der Waals surface area contributed by atoms with Gasteiger partial charge in [0.05, 0.1) is 18.3 Å². The average molecular weight is 615 g/mol. The number of hydrogen-bond donors (Lipinski definition) is 2. The maximum atomic E-state index is 13.5. The predicted octanol–water partition coefficient (Wildman–Crippen LogP) is 5.78. The van der Waals surface area contributed by atoms with E-state index in [9.17, 15) is 31.8 Å². The second kappa shape index (κ2) is 8.86. The van der Waals surface area contributed by atoms with Crippen molar-refractivity contribution in [1.29, 1.82) is 0 Å². The van der Waals surface area contributed by atoms with Gasteiger partial charge < -0.3 is 14.4 Å². The van der Waals surface area contributed by atoms with Gasteiger partial charge >= 0.3 is 15.6 Å². The summed E-state index contributed by atoms with van der Waals surface area (Å²) in [6.45, 7) is 6.82. The molecule has 7 rings (SSSR count). The van der Waals surface area contributed by atoms with Crippen LogP contribution in [-0.4, -0.2) is 48.1 Å². The second-order valence-corrected chi connectivity index (χ2v) is 17.0. The van der Waals surface area contributed by atoms with Crippen LogP contribution < -0.4 is 4.18 Å². The second-order valence-electron chi connectivity index (χ2n) is 15.5. The molecule has 1 aromatic carbocycles. The molecular weight excluding hydrogens is 573 g/mol. The molecule has 0 radical (unpaired) electrons. The molecular formula is C31H41F3O7S. The summed E-state index contributed by atoms with van der Waals surface area (Å²) in [7, 11) is -5.89. The lowest BCUT2D eigenvalue weighted by atomic mass is 9.36. The molecule has 9 atom stereocenters. The zero-order chi connectivity index (χ0) is 30.1. The molecule has 0 bridgehead atoms. The van der Waals surface area contributed by atoms with Crippen LogP contribution in [0.5, 0.6) is 5.75 Å². The lowest BCUT2D eigenvalue weighted by Crippen LogP contribution is -2.70. The smallest absolute Gasteiger partial charge is 0.393 e. The lowest BCUT2D eigenvalue weighted by molar-refractivity contribution is -0.425. The first-order valence-electron chi connectivity index (χ1n) is 15.3. The van der Waals surface area contributed by atoms with Crippen LogP contribution in [0.1, 0.15) is 95.6 Å². The molecule has 2 spiro atoms. The van der Waals surface area contributed by atoms with Crippen LogP contribution in [0.25, 0.3) is 0 Å². The number of alkyl halides is 3. The minimum Gasteiger partial charge on any atom is -0.393 e. The molecule has 1 unspecified atom stereocenters. The first kappa shape index (κ1) is 29.3. The Bertz CT molecular complexity index is 1400. The average Bonchev–Trinajstić information content (AvgIpc) is 3.17. The predicted molar refractivity (Wildman–Crippen MR) is 146 cm³/mol. The Morgan fingerprint density at radius 2 is 1.81 bits per heavy atom. The number of rotatable bonds is 2. The number of aliphatic hydroxyl groups excluding tert-OH is 1. The van der Waals surface area contributed by atoms with Crippen LogP contribution in [0.4, 0.5) is 13.2 Å². The molecule has 0 amide bonds. The standard InChI is InChI=1S/C31H41F3O7S/c1-26(2)15-28(41-39-17-26)11-12-29-14-20-18(5-4-6-23(20)40-42(37,38)31(32,33)34)21-13-27(3)22(7-8-24(27)35)19(25(21)29)9-10-30(29,36)16-28/h4-6,19,21-22,24-25,35-36H,7-17H2,1-3H3/t19-,21+,22-,24-,25+,27-,28?,29-,30+/m0/s1. The van der Waals surface area contributed by atoms with E-state index in [1.54, 1.807) is 6.07 Å². The molecule has 2 N–H and O–H groups in total. The Labute approximate surface area is 245 Å². The lowest BCUT2D eigenvalue weighted by Gasteiger charge is -2.70. The summed E-state index contributed by atoms with van der Waals surface area (Å²) in [4.78, 5) is 11.6. The van der Waals surface area contributed by atoms with Crippen molar-refractivity contribution in [3.8, 4) is 5.75 Å². The molecule has 0 aromatic heterocycles. The van der Waals surface area contributed by atoms with Crippen molar-refractivity contribution in [2.24, 2.45) is 34.0 Å². The number of fused-ring (bicyclic) bond motifs is 4. The molecule has 42 heavy (non-hydrogen) atoms. The van der Waals surface area contributed by atoms with Crippen LogP contribution >= 0.6 is 0 Å². The first-order chi connectivity index (χ1) is 19.5. The van der Waals surface area contributed by atoms with Crippen molar-refractivity contribution in [3.63, 3.8) is 0 Å². The highest BCUT2D eigenvalue weighted by molar-refractivity contribution is 7.88. The van der Waals surface area contributed by atoms with Crippen molar-refractivity contribution in [3.05, 3.63) is 29.3 Å². The number of hydrogen-bond acceptors (Lipinski definition) is 7. The molecule has 4 saturated carbocycles. The zero-order valence-electron chi connectivity index (χ0n) is 24.4. The molecule has 7 nitrogen and oxygen atoms in total. The molecule has 6 aliphatic rings. The monoisotopic (exact) mass is 614 g/mol. The van der Waals surface area contributed by atoms with Gasteiger partial charge in [0, 0.05) is 17.4 Å². The molecule has 1 aliphatic heterocycles. The Morgan fingerprint density at radius 1 is 1.05 bits per heavy atom. The zero-order valence-corrected chi connectivity index (χ0v) is 25.2. The highest BCUT2D eigenvalue weighted by Crippen LogP contribution is 2.74. The van der Waals surface area contributed by atoms with E-state index in [2.05, 4.69) is 20.8 Å². The maximum Gasteiger partial charge on any atom is 0.534 e. The first-order valence-corrected chi connectivity index (χ1v) is 16.7. The molecule has 1 heterocycles. The van der Waals surface area contributed by atoms with Gasteiger partial charge in [0.25, 0.3) is 0 Å². The van der Waals surface area contributed by atoms with E-state index in [1.807, 2.05) is 6.07 Å². The highest BCUT2D eigenvalue weighted by Gasteiger charge is 2.72. The van der Waals surface area contributed by atoms with E-state index in [4.69, 9.17) is 14.0 Å². The largest absolute Gasteiger partial charge is 0.534 e. The summed E-state index contributed by atoms with van der Waals surface area (Å²) in [5, 5.41) is 24.0. The minimum absolute atomic E-state index is 0.0384. The van der Waals surface area contributed by atoms with Crippen molar-refractivity contribution in [2.45, 2.75) is 114 Å². The third kappa shape index (κ3) is 3.95. The molecule has 1 aromatic rings. The summed E-state index contributed by atoms with van der Waals surface area (Å²) in [5.41, 5.74) is -7.44. The summed E-state index contributed by atoms with van der Waals surface area (Å²) >= 11 is 0. The third-order valence-electron chi connectivity index (χ3n) is 12.6. The molecule has 1 saturated heterocycles. The number of aliphatic hydroxyl groups is 2. The van der Waals surface area contributed by atoms with Gasteiger partial charge in [-0.3, -0.25) is 0 Å². The Hall–Kier alpha value is -1.40. The van der Waals surface area contributed by atoms with Gasteiger partial charge in [0.1, 0.15) is 11.4 Å². The van der Waals surface area contributed by atoms with E-state index < -0.39 is 38.3 Å². The van der Waals surface area contributed by atoms with E-state index in [0.717, 1.165) is 24.8 Å². The van der Waals surface area contributed by atoms with Gasteiger partial charge in [-0.1, -0.05) is 32.9 Å². The molecule has 234 valence electrons. The van der Waals surface area contributed by atoms with Crippen LogP contribution in [-0.2, 0) is 26.3 Å². The van der Waals surface area contributed by atoms with Crippen molar-refractivity contribution in [1.82, 2.24) is 0 Å². The van der Waals surface area contributed by atoms with E-state index in [0.29, 0.717) is 50.7 Å². The summed E-state index contributed by atoms with van der Waals surface area (Å²) in [6.07, 6.45) is 5.55. The van der Waals surface area contributed by atoms with Gasteiger partial charge in [-0.05, 0) is 104 Å². The van der Waals surface area contributed by atoms with Crippen LogP contribution in [0.15, 0.2) is 18.2 Å². The van der Waals surface area contributed by atoms with E-state index in [1.165, 1.54) is 6.07 Å². The topological polar surface area (TPSA) is 102 Å². The van der Waals surface area contributed by atoms with Crippen LogP contribution in [0.3, 0.4) is 0 Å². The van der Waals surface area contributed by atoms with E-state index in [-0.39, 0.29) is 46.7 Å². The van der Waals surface area contributed by atoms with Crippen molar-refractivity contribution in [2.75, 3.05) is 6.61 Å².